The van der Waals surface area contributed by atoms with Crippen molar-refractivity contribution >= 4 is 40.8 Å². The summed E-state index contributed by atoms with van der Waals surface area (Å²) in [5.74, 6) is 0.807. The van der Waals surface area contributed by atoms with Gasteiger partial charge in [0.15, 0.2) is 11.5 Å². The van der Waals surface area contributed by atoms with E-state index in [2.05, 4.69) is 98.6 Å². The van der Waals surface area contributed by atoms with Crippen LogP contribution in [0.25, 0.3) is 11.1 Å². The van der Waals surface area contributed by atoms with Crippen molar-refractivity contribution in [3.05, 3.63) is 83.5 Å². The van der Waals surface area contributed by atoms with Gasteiger partial charge in [-0.1, -0.05) is 52.0 Å². The number of anilines is 1. The lowest BCUT2D eigenvalue weighted by Gasteiger charge is -2.29. The molecular formula is C26H32IN3O. The number of allylic oxidation sites excluding steroid dienone is 1. The zero-order valence-corrected chi connectivity index (χ0v) is 21.3. The summed E-state index contributed by atoms with van der Waals surface area (Å²) in [5.41, 5.74) is 6.61. The Hall–Kier alpha value is -2.28. The van der Waals surface area contributed by atoms with Gasteiger partial charge in [0.25, 0.3) is 0 Å². The van der Waals surface area contributed by atoms with Gasteiger partial charge in [0, 0.05) is 37.1 Å². The van der Waals surface area contributed by atoms with E-state index in [0.29, 0.717) is 0 Å². The molecule has 0 amide bonds. The number of nitrogens with zero attached hydrogens (tertiary/aromatic N) is 2. The lowest BCUT2D eigenvalue weighted by molar-refractivity contribution is 0.387. The molecule has 1 aromatic heterocycles. The first-order valence-electron chi connectivity index (χ1n) is 10.7. The molecule has 1 aliphatic heterocycles. The molecule has 1 aliphatic rings. The number of fused-ring (bicyclic) bond motifs is 1. The van der Waals surface area contributed by atoms with Crippen LogP contribution in [-0.2, 0) is 11.8 Å². The van der Waals surface area contributed by atoms with E-state index in [1.54, 1.807) is 0 Å². The van der Waals surface area contributed by atoms with Crippen LogP contribution in [0.15, 0.2) is 70.9 Å². The number of rotatable bonds is 5. The Kier molecular flexibility index (Phi) is 7.14. The summed E-state index contributed by atoms with van der Waals surface area (Å²) in [7, 11) is 2.11. The van der Waals surface area contributed by atoms with E-state index in [1.807, 2.05) is 12.1 Å². The lowest BCUT2D eigenvalue weighted by Crippen LogP contribution is -2.22. The first-order valence-corrected chi connectivity index (χ1v) is 10.7. The number of halogens is 1. The van der Waals surface area contributed by atoms with Gasteiger partial charge in [0.2, 0.25) is 0 Å². The largest absolute Gasteiger partial charge is 0.441 e. The molecule has 2 heterocycles. The van der Waals surface area contributed by atoms with E-state index in [4.69, 9.17) is 4.42 Å². The number of oxazole rings is 1. The fraction of sp³-hybridized carbons (Fsp3) is 0.346. The lowest BCUT2D eigenvalue weighted by atomic mass is 9.86. The van der Waals surface area contributed by atoms with Gasteiger partial charge < -0.3 is 14.6 Å². The Bertz CT molecular complexity index is 1090. The number of nitrogens with one attached hydrogen (secondary N) is 1. The van der Waals surface area contributed by atoms with Crippen LogP contribution in [-0.4, -0.2) is 16.9 Å². The number of benzene rings is 2. The first-order chi connectivity index (χ1) is 14.3. The zero-order chi connectivity index (χ0) is 21.3. The maximum Gasteiger partial charge on any atom is 0.195 e. The van der Waals surface area contributed by atoms with Gasteiger partial charge in [-0.15, -0.1) is 24.0 Å². The second-order valence-electron chi connectivity index (χ2n) is 9.09. The van der Waals surface area contributed by atoms with Crippen molar-refractivity contribution in [2.75, 3.05) is 12.4 Å². The predicted molar refractivity (Wildman–Crippen MR) is 140 cm³/mol. The second-order valence-corrected chi connectivity index (χ2v) is 9.09. The van der Waals surface area contributed by atoms with Gasteiger partial charge in [-0.3, -0.25) is 0 Å². The van der Waals surface area contributed by atoms with Crippen molar-refractivity contribution < 1.29 is 4.42 Å². The molecule has 0 saturated carbocycles. The molecule has 3 aromatic rings. The molecule has 0 aliphatic carbocycles. The summed E-state index contributed by atoms with van der Waals surface area (Å²) in [6, 6.07) is 15.3. The molecule has 0 bridgehead atoms. The van der Waals surface area contributed by atoms with Gasteiger partial charge in [-0.25, -0.2) is 4.98 Å². The minimum Gasteiger partial charge on any atom is -0.441 e. The molecule has 2 aromatic carbocycles. The average Bonchev–Trinajstić information content (AvgIpc) is 3.11. The molecule has 31 heavy (non-hydrogen) atoms. The Morgan fingerprint density at radius 1 is 1.10 bits per heavy atom. The number of aromatic nitrogens is 1. The summed E-state index contributed by atoms with van der Waals surface area (Å²) >= 11 is 0. The van der Waals surface area contributed by atoms with Gasteiger partial charge >= 0.3 is 0 Å². The van der Waals surface area contributed by atoms with Gasteiger partial charge in [-0.2, -0.15) is 0 Å². The third-order valence-electron chi connectivity index (χ3n) is 5.57. The molecular weight excluding hydrogens is 497 g/mol. The van der Waals surface area contributed by atoms with E-state index in [9.17, 15) is 0 Å². The van der Waals surface area contributed by atoms with Crippen LogP contribution < -0.4 is 5.32 Å². The Morgan fingerprint density at radius 3 is 2.52 bits per heavy atom. The van der Waals surface area contributed by atoms with Gasteiger partial charge in [-0.05, 0) is 47.2 Å². The minimum absolute atomic E-state index is 0. The van der Waals surface area contributed by atoms with Gasteiger partial charge in [0.05, 0.1) is 6.04 Å². The summed E-state index contributed by atoms with van der Waals surface area (Å²) < 4.78 is 5.89. The Labute approximate surface area is 202 Å². The highest BCUT2D eigenvalue weighted by Gasteiger charge is 2.19. The second kappa shape index (κ2) is 9.47. The van der Waals surface area contributed by atoms with Crippen molar-refractivity contribution in [2.45, 2.75) is 52.0 Å². The van der Waals surface area contributed by atoms with Crippen LogP contribution in [0, 0.1) is 0 Å². The fourth-order valence-electron chi connectivity index (χ4n) is 3.77. The normalized spacial score (nSPS) is 16.2. The third-order valence-corrected chi connectivity index (χ3v) is 5.57. The van der Waals surface area contributed by atoms with Crippen LogP contribution in [0.5, 0.6) is 0 Å². The molecule has 0 spiro atoms. The van der Waals surface area contributed by atoms with E-state index < -0.39 is 0 Å². The molecule has 1 atom stereocenters. The van der Waals surface area contributed by atoms with Crippen LogP contribution in [0.4, 0.5) is 5.69 Å². The quantitative estimate of drug-likeness (QED) is 0.355. The molecule has 4 nitrogen and oxygen atoms in total. The van der Waals surface area contributed by atoms with Crippen molar-refractivity contribution in [3.63, 3.8) is 0 Å². The van der Waals surface area contributed by atoms with Crippen molar-refractivity contribution in [1.29, 1.82) is 0 Å². The molecule has 164 valence electrons. The first kappa shape index (κ1) is 23.4. The van der Waals surface area contributed by atoms with Crippen molar-refractivity contribution in [1.82, 2.24) is 9.88 Å². The highest BCUT2D eigenvalue weighted by atomic mass is 127. The maximum atomic E-state index is 5.89. The molecule has 0 radical (unpaired) electrons. The smallest absolute Gasteiger partial charge is 0.195 e. The standard InChI is InChI=1S/C26H31N3O.HI/c1-6-7-25-28-22-13-12-20(17-24(22)30-25)27-21-14-15-29(5)23(16-21)18-8-10-19(11-9-18)26(2,3)4;/h8-17,23,27H,6-7H2,1-5H3;1H. The molecule has 0 saturated heterocycles. The van der Waals surface area contributed by atoms with Crippen molar-refractivity contribution in [2.24, 2.45) is 0 Å². The summed E-state index contributed by atoms with van der Waals surface area (Å²) in [6.45, 7) is 8.87. The van der Waals surface area contributed by atoms with Crippen LogP contribution in [0.1, 0.15) is 57.2 Å². The molecule has 1 N–H and O–H groups in total. The SMILES string of the molecule is CCCc1nc2ccc(NC3=CC(c4ccc(C(C)(C)C)cc4)N(C)C=C3)cc2o1.I. The zero-order valence-electron chi connectivity index (χ0n) is 19.0. The molecule has 5 heteroatoms. The summed E-state index contributed by atoms with van der Waals surface area (Å²) in [4.78, 5) is 6.78. The number of aryl methyl sites for hydroxylation is 1. The maximum absolute atomic E-state index is 5.89. The molecule has 1 unspecified atom stereocenters. The number of hydrogen-bond donors (Lipinski definition) is 1. The number of likely N-dealkylation sites (N-methyl/N-ethyl adjacent to an activating group) is 1. The van der Waals surface area contributed by atoms with Gasteiger partial charge in [0.1, 0.15) is 5.52 Å². The van der Waals surface area contributed by atoms with E-state index in [1.165, 1.54) is 11.1 Å². The topological polar surface area (TPSA) is 41.3 Å². The Morgan fingerprint density at radius 2 is 1.84 bits per heavy atom. The third kappa shape index (κ3) is 5.32. The number of hydrogen-bond acceptors (Lipinski definition) is 4. The highest BCUT2D eigenvalue weighted by Crippen LogP contribution is 2.30. The molecule has 0 fully saturated rings. The monoisotopic (exact) mass is 529 g/mol. The predicted octanol–water partition coefficient (Wildman–Crippen LogP) is 7.19. The van der Waals surface area contributed by atoms with E-state index in [-0.39, 0.29) is 35.4 Å². The van der Waals surface area contributed by atoms with E-state index >= 15 is 0 Å². The fourth-order valence-corrected chi connectivity index (χ4v) is 3.77. The summed E-state index contributed by atoms with van der Waals surface area (Å²) in [6.07, 6.45) is 8.39. The average molecular weight is 529 g/mol. The minimum atomic E-state index is 0. The molecule has 4 rings (SSSR count). The summed E-state index contributed by atoms with van der Waals surface area (Å²) in [5, 5.41) is 3.53. The van der Waals surface area contributed by atoms with Crippen molar-refractivity contribution in [3.8, 4) is 0 Å². The Balaban J connectivity index is 0.00000272. The van der Waals surface area contributed by atoms with E-state index in [0.717, 1.165) is 41.2 Å². The highest BCUT2D eigenvalue weighted by molar-refractivity contribution is 14.0. The van der Waals surface area contributed by atoms with Crippen LogP contribution in [0.3, 0.4) is 0 Å². The van der Waals surface area contributed by atoms with Crippen LogP contribution in [0.2, 0.25) is 0 Å². The van der Waals surface area contributed by atoms with Crippen LogP contribution >= 0.6 is 24.0 Å².